The van der Waals surface area contributed by atoms with E-state index >= 15 is 0 Å². The van der Waals surface area contributed by atoms with Gasteiger partial charge in [-0.1, -0.05) is 30.7 Å². The van der Waals surface area contributed by atoms with E-state index in [1.165, 1.54) is 5.56 Å². The van der Waals surface area contributed by atoms with Crippen molar-refractivity contribution in [2.24, 2.45) is 12.8 Å². The molecule has 0 spiro atoms. The van der Waals surface area contributed by atoms with Crippen LogP contribution in [0.4, 0.5) is 0 Å². The summed E-state index contributed by atoms with van der Waals surface area (Å²) in [6.07, 6.45) is 1.65. The second-order valence-electron chi connectivity index (χ2n) is 5.30. The minimum atomic E-state index is 0.138. The molecule has 1 aromatic heterocycles. The molecule has 4 nitrogen and oxygen atoms in total. The zero-order valence-electron chi connectivity index (χ0n) is 12.8. The fraction of sp³-hybridized carbons (Fsp3) is 0.438. The smallest absolute Gasteiger partial charge is 0.131 e. The average Bonchev–Trinajstić information content (AvgIpc) is 2.71. The van der Waals surface area contributed by atoms with E-state index in [0.29, 0.717) is 11.6 Å². The number of benzene rings is 1. The summed E-state index contributed by atoms with van der Waals surface area (Å²) in [4.78, 5) is 0. The second-order valence-corrected chi connectivity index (χ2v) is 5.68. The van der Waals surface area contributed by atoms with E-state index < -0.39 is 0 Å². The van der Waals surface area contributed by atoms with Crippen LogP contribution in [-0.2, 0) is 26.5 Å². The Balaban J connectivity index is 2.08. The van der Waals surface area contributed by atoms with E-state index in [4.69, 9.17) is 22.1 Å². The van der Waals surface area contributed by atoms with Crippen LogP contribution in [0.15, 0.2) is 24.3 Å². The summed E-state index contributed by atoms with van der Waals surface area (Å²) >= 11 is 6.32. The van der Waals surface area contributed by atoms with Gasteiger partial charge in [0.1, 0.15) is 12.4 Å². The van der Waals surface area contributed by atoms with E-state index in [1.807, 2.05) is 39.1 Å². The normalized spacial score (nSPS) is 12.4. The first-order valence-electron chi connectivity index (χ1n) is 7.18. The van der Waals surface area contributed by atoms with Crippen LogP contribution in [0.25, 0.3) is 0 Å². The number of aromatic nitrogens is 2. The summed E-state index contributed by atoms with van der Waals surface area (Å²) in [6, 6.07) is 8.14. The van der Waals surface area contributed by atoms with Crippen LogP contribution in [0.3, 0.4) is 0 Å². The fourth-order valence-electron chi connectivity index (χ4n) is 2.26. The summed E-state index contributed by atoms with van der Waals surface area (Å²) in [5.74, 6) is 0.823. The maximum absolute atomic E-state index is 6.32. The van der Waals surface area contributed by atoms with Crippen LogP contribution in [-0.4, -0.2) is 15.8 Å². The molecule has 0 amide bonds. The maximum Gasteiger partial charge on any atom is 0.131 e. The largest absolute Gasteiger partial charge is 0.487 e. The molecule has 0 aliphatic carbocycles. The lowest BCUT2D eigenvalue weighted by molar-refractivity contribution is 0.294. The molecule has 0 saturated heterocycles. The molecule has 21 heavy (non-hydrogen) atoms. The molecule has 1 atom stereocenters. The number of aryl methyl sites for hydroxylation is 2. The van der Waals surface area contributed by atoms with E-state index in [-0.39, 0.29) is 6.04 Å². The van der Waals surface area contributed by atoms with Crippen molar-refractivity contribution in [1.29, 1.82) is 0 Å². The third kappa shape index (κ3) is 3.99. The first-order chi connectivity index (χ1) is 10.0. The Morgan fingerprint density at radius 3 is 2.81 bits per heavy atom. The highest BCUT2D eigenvalue weighted by molar-refractivity contribution is 6.31. The number of halogens is 1. The summed E-state index contributed by atoms with van der Waals surface area (Å²) in [5, 5.41) is 5.09. The first kappa shape index (κ1) is 15.9. The third-order valence-electron chi connectivity index (χ3n) is 3.33. The van der Waals surface area contributed by atoms with Crippen LogP contribution in [0.1, 0.15) is 30.8 Å². The summed E-state index contributed by atoms with van der Waals surface area (Å²) in [6.45, 7) is 4.44. The molecule has 114 valence electrons. The molecule has 1 aromatic carbocycles. The Kier molecular flexibility index (Phi) is 5.26. The van der Waals surface area contributed by atoms with Gasteiger partial charge in [0.05, 0.1) is 16.4 Å². The summed E-state index contributed by atoms with van der Waals surface area (Å²) < 4.78 is 7.63. The molecule has 2 aromatic rings. The molecule has 0 fully saturated rings. The van der Waals surface area contributed by atoms with Gasteiger partial charge in [-0.2, -0.15) is 5.10 Å². The minimum absolute atomic E-state index is 0.138. The van der Waals surface area contributed by atoms with Gasteiger partial charge in [-0.15, -0.1) is 0 Å². The molecule has 0 aliphatic rings. The number of hydrogen-bond acceptors (Lipinski definition) is 3. The number of hydrogen-bond donors (Lipinski definition) is 1. The van der Waals surface area contributed by atoms with Crippen molar-refractivity contribution in [1.82, 2.24) is 9.78 Å². The highest BCUT2D eigenvalue weighted by atomic mass is 35.5. The molecule has 0 aliphatic heterocycles. The number of ether oxygens (including phenoxy) is 1. The van der Waals surface area contributed by atoms with Crippen molar-refractivity contribution >= 4 is 11.6 Å². The molecule has 2 rings (SSSR count). The zero-order valence-corrected chi connectivity index (χ0v) is 13.5. The molecule has 2 N–H and O–H groups in total. The molecule has 1 heterocycles. The van der Waals surface area contributed by atoms with Crippen molar-refractivity contribution in [2.75, 3.05) is 0 Å². The predicted molar refractivity (Wildman–Crippen MR) is 85.7 cm³/mol. The Morgan fingerprint density at radius 1 is 1.43 bits per heavy atom. The number of nitrogens with zero attached hydrogens (tertiary/aromatic N) is 2. The average molecular weight is 308 g/mol. The van der Waals surface area contributed by atoms with E-state index in [1.54, 1.807) is 4.68 Å². The Hall–Kier alpha value is -1.52. The highest BCUT2D eigenvalue weighted by Crippen LogP contribution is 2.23. The van der Waals surface area contributed by atoms with Crippen LogP contribution in [0, 0.1) is 0 Å². The quantitative estimate of drug-likeness (QED) is 0.892. The first-order valence-corrected chi connectivity index (χ1v) is 7.56. The maximum atomic E-state index is 6.32. The molecule has 1 unspecified atom stereocenters. The van der Waals surface area contributed by atoms with Gasteiger partial charge in [-0.3, -0.25) is 4.68 Å². The third-order valence-corrected chi connectivity index (χ3v) is 3.77. The fourth-order valence-corrected chi connectivity index (χ4v) is 2.61. The van der Waals surface area contributed by atoms with Gasteiger partial charge in [0, 0.05) is 13.1 Å². The van der Waals surface area contributed by atoms with Crippen molar-refractivity contribution < 1.29 is 4.74 Å². The monoisotopic (exact) mass is 307 g/mol. The van der Waals surface area contributed by atoms with Crippen LogP contribution in [0.5, 0.6) is 5.75 Å². The summed E-state index contributed by atoms with van der Waals surface area (Å²) in [7, 11) is 1.89. The van der Waals surface area contributed by atoms with Crippen molar-refractivity contribution in [3.05, 3.63) is 46.2 Å². The molecule has 0 radical (unpaired) electrons. The van der Waals surface area contributed by atoms with Gasteiger partial charge in [0.15, 0.2) is 0 Å². The topological polar surface area (TPSA) is 53.1 Å². The van der Waals surface area contributed by atoms with Crippen LogP contribution >= 0.6 is 11.6 Å². The standard InChI is InChI=1S/C16H22ClN3O/c1-4-14-16(17)15(20(3)19-14)10-21-13-7-5-6-12(9-13)8-11(2)18/h5-7,9,11H,4,8,10,18H2,1-3H3. The molecular weight excluding hydrogens is 286 g/mol. The van der Waals surface area contributed by atoms with Gasteiger partial charge < -0.3 is 10.5 Å². The summed E-state index contributed by atoms with van der Waals surface area (Å²) in [5.41, 5.74) is 8.80. The minimum Gasteiger partial charge on any atom is -0.487 e. The number of rotatable bonds is 6. The van der Waals surface area contributed by atoms with Gasteiger partial charge >= 0.3 is 0 Å². The van der Waals surface area contributed by atoms with Gasteiger partial charge in [-0.05, 0) is 37.5 Å². The second kappa shape index (κ2) is 6.96. The van der Waals surface area contributed by atoms with E-state index in [9.17, 15) is 0 Å². The van der Waals surface area contributed by atoms with Crippen LogP contribution < -0.4 is 10.5 Å². The van der Waals surface area contributed by atoms with Gasteiger partial charge in [0.2, 0.25) is 0 Å². The molecule has 5 heteroatoms. The Labute approximate surface area is 130 Å². The van der Waals surface area contributed by atoms with Crippen LogP contribution in [0.2, 0.25) is 5.02 Å². The van der Waals surface area contributed by atoms with Crippen molar-refractivity contribution in [2.45, 2.75) is 39.3 Å². The Bertz CT molecular complexity index is 608. The zero-order chi connectivity index (χ0) is 15.4. The lowest BCUT2D eigenvalue weighted by Crippen LogP contribution is -2.17. The van der Waals surface area contributed by atoms with E-state index in [0.717, 1.165) is 30.0 Å². The van der Waals surface area contributed by atoms with Gasteiger partial charge in [0.25, 0.3) is 0 Å². The lowest BCUT2D eigenvalue weighted by atomic mass is 10.1. The molecule has 0 saturated carbocycles. The SMILES string of the molecule is CCc1nn(C)c(COc2cccc(CC(C)N)c2)c1Cl. The number of nitrogens with two attached hydrogens (primary N) is 1. The lowest BCUT2D eigenvalue weighted by Gasteiger charge is -2.10. The van der Waals surface area contributed by atoms with Crippen molar-refractivity contribution in [3.8, 4) is 5.75 Å². The Morgan fingerprint density at radius 2 is 2.19 bits per heavy atom. The molecular formula is C16H22ClN3O. The predicted octanol–water partition coefficient (Wildman–Crippen LogP) is 3.10. The van der Waals surface area contributed by atoms with Gasteiger partial charge in [-0.25, -0.2) is 0 Å². The van der Waals surface area contributed by atoms with Crippen molar-refractivity contribution in [3.63, 3.8) is 0 Å². The highest BCUT2D eigenvalue weighted by Gasteiger charge is 2.13. The van der Waals surface area contributed by atoms with E-state index in [2.05, 4.69) is 11.2 Å². The molecule has 0 bridgehead atoms.